The molecule has 16 nitrogen and oxygen atoms in total. The average Bonchev–Trinajstić information content (AvgIpc) is 3.62. The van der Waals surface area contributed by atoms with E-state index in [2.05, 4.69) is 0 Å². The normalized spacial score (nSPS) is 13.0. The molecular formula is C45H28N4O12. The molecule has 0 spiro atoms. The summed E-state index contributed by atoms with van der Waals surface area (Å²) >= 11 is 0. The van der Waals surface area contributed by atoms with Crippen LogP contribution in [-0.2, 0) is 11.2 Å². The van der Waals surface area contributed by atoms with E-state index in [-0.39, 0.29) is 27.8 Å². The molecule has 0 fully saturated rings. The van der Waals surface area contributed by atoms with E-state index in [9.17, 15) is 58.8 Å². The van der Waals surface area contributed by atoms with Gasteiger partial charge >= 0.3 is 23.9 Å². The van der Waals surface area contributed by atoms with Crippen LogP contribution in [0.2, 0.25) is 0 Å². The summed E-state index contributed by atoms with van der Waals surface area (Å²) in [5.74, 6) is -10.4. The van der Waals surface area contributed by atoms with E-state index < -0.39 is 93.1 Å². The van der Waals surface area contributed by atoms with Crippen molar-refractivity contribution >= 4 is 70.3 Å². The van der Waals surface area contributed by atoms with Crippen molar-refractivity contribution in [2.45, 2.75) is 6.42 Å². The van der Waals surface area contributed by atoms with Crippen LogP contribution < -0.4 is 21.3 Å². The van der Waals surface area contributed by atoms with Gasteiger partial charge < -0.3 is 31.9 Å². The Morgan fingerprint density at radius 2 is 0.787 bits per heavy atom. The number of carboxylic acid groups (broad SMARTS) is 4. The van der Waals surface area contributed by atoms with Crippen molar-refractivity contribution in [3.63, 3.8) is 0 Å². The summed E-state index contributed by atoms with van der Waals surface area (Å²) in [6.07, 6.45) is -0.911. The summed E-state index contributed by atoms with van der Waals surface area (Å²) < 4.78 is 0. The van der Waals surface area contributed by atoms with Gasteiger partial charge in [0.15, 0.2) is 0 Å². The maximum absolute atomic E-state index is 14.0. The van der Waals surface area contributed by atoms with Gasteiger partial charge in [0.1, 0.15) is 0 Å². The largest absolute Gasteiger partial charge is 0.481 e. The first-order valence-electron chi connectivity index (χ1n) is 18.1. The second-order valence-corrected chi connectivity index (χ2v) is 14.1. The Balaban J connectivity index is 1.25. The van der Waals surface area contributed by atoms with Crippen LogP contribution in [0.4, 0.5) is 22.7 Å². The standard InChI is InChI=1S/C45H28N4O12/c46-25-7-1-20(2-8-25)22-5-11-27-31(13-22)41(54)48(39(27)52)36-18-33(43(56)57)29(15-24(36)16-38(50)51)30-17-35(45(60)61)37(19-34(30)44(58)59)49-40(53)28-12-6-23(14-32(28)42(49)55)21-3-9-26(47)10-4-21/h1-15,17-19H,16,46-47H2,(H,50,51)(H,56,57)(H,58,59)(H,60,61). The molecule has 0 aromatic heterocycles. The van der Waals surface area contributed by atoms with Crippen LogP contribution >= 0.6 is 0 Å². The molecule has 6 aromatic rings. The Hall–Kier alpha value is -8.92. The van der Waals surface area contributed by atoms with E-state index >= 15 is 0 Å². The van der Waals surface area contributed by atoms with E-state index in [0.717, 1.165) is 24.3 Å². The maximum atomic E-state index is 14.0. The number of carbonyl (C=O) groups excluding carboxylic acids is 4. The lowest BCUT2D eigenvalue weighted by Gasteiger charge is -2.22. The van der Waals surface area contributed by atoms with Gasteiger partial charge in [-0.1, -0.05) is 36.4 Å². The molecule has 0 saturated heterocycles. The Labute approximate surface area is 343 Å². The van der Waals surface area contributed by atoms with Gasteiger partial charge in [0.25, 0.3) is 23.6 Å². The fourth-order valence-electron chi connectivity index (χ4n) is 7.52. The number of fused-ring (bicyclic) bond motifs is 2. The van der Waals surface area contributed by atoms with Gasteiger partial charge in [-0.25, -0.2) is 24.2 Å². The first kappa shape index (κ1) is 38.9. The highest BCUT2D eigenvalue weighted by Crippen LogP contribution is 2.42. The van der Waals surface area contributed by atoms with Crippen molar-refractivity contribution in [3.8, 4) is 33.4 Å². The zero-order chi connectivity index (χ0) is 43.6. The number of nitrogens with two attached hydrogens (primary N) is 2. The number of anilines is 4. The van der Waals surface area contributed by atoms with Gasteiger partial charge in [0.05, 0.1) is 56.7 Å². The van der Waals surface area contributed by atoms with Crippen LogP contribution in [-0.4, -0.2) is 67.9 Å². The Morgan fingerprint density at radius 3 is 1.21 bits per heavy atom. The molecule has 2 heterocycles. The fraction of sp³-hybridized carbons (Fsp3) is 0.0222. The Bertz CT molecular complexity index is 3010. The van der Waals surface area contributed by atoms with E-state index in [0.29, 0.717) is 43.4 Å². The molecule has 4 amide bonds. The SMILES string of the molecule is Nc1ccc(-c2ccc3c(c2)C(=O)N(c2cc(C(=O)O)c(-c4cc(C(=O)O)c(N5C(=O)c6ccc(-c7ccc(N)cc7)cc6C5=O)cc4C(=O)O)cc2CC(=O)O)C3=O)cc1. The number of benzene rings is 6. The number of imide groups is 2. The first-order valence-corrected chi connectivity index (χ1v) is 18.1. The molecule has 0 bridgehead atoms. The second kappa shape index (κ2) is 14.5. The van der Waals surface area contributed by atoms with E-state index in [1.807, 2.05) is 0 Å². The van der Waals surface area contributed by atoms with Gasteiger partial charge in [0.2, 0.25) is 0 Å². The minimum Gasteiger partial charge on any atom is -0.481 e. The number of amides is 4. The number of nitrogen functional groups attached to an aromatic ring is 2. The van der Waals surface area contributed by atoms with Crippen molar-refractivity contribution in [2.24, 2.45) is 0 Å². The predicted octanol–water partition coefficient (Wildman–Crippen LogP) is 6.17. The number of aliphatic carboxylic acids is 1. The summed E-state index contributed by atoms with van der Waals surface area (Å²) in [7, 11) is 0. The Morgan fingerprint density at radius 1 is 0.410 bits per heavy atom. The average molecular weight is 817 g/mol. The number of nitrogens with zero attached hydrogens (tertiary/aromatic N) is 2. The summed E-state index contributed by atoms with van der Waals surface area (Å²) in [4.78, 5) is 108. The maximum Gasteiger partial charge on any atom is 0.337 e. The van der Waals surface area contributed by atoms with Gasteiger partial charge in [-0.05, 0) is 112 Å². The zero-order valence-electron chi connectivity index (χ0n) is 31.2. The van der Waals surface area contributed by atoms with Crippen LogP contribution in [0.15, 0.2) is 109 Å². The number of hydrogen-bond acceptors (Lipinski definition) is 10. The predicted molar refractivity (Wildman–Crippen MR) is 219 cm³/mol. The number of aromatic carboxylic acids is 3. The van der Waals surface area contributed by atoms with Crippen LogP contribution in [0.1, 0.15) is 78.1 Å². The van der Waals surface area contributed by atoms with Crippen LogP contribution in [0.25, 0.3) is 33.4 Å². The molecular weight excluding hydrogens is 789 g/mol. The number of carbonyl (C=O) groups is 8. The molecule has 16 heteroatoms. The fourth-order valence-corrected chi connectivity index (χ4v) is 7.52. The number of hydrogen-bond donors (Lipinski definition) is 6. The summed E-state index contributed by atoms with van der Waals surface area (Å²) in [6, 6.07) is 25.4. The lowest BCUT2D eigenvalue weighted by Crippen LogP contribution is -2.31. The minimum absolute atomic E-state index is 0.0593. The van der Waals surface area contributed by atoms with Crippen LogP contribution in [0.5, 0.6) is 0 Å². The lowest BCUT2D eigenvalue weighted by atomic mass is 9.89. The minimum atomic E-state index is -1.74. The third kappa shape index (κ3) is 6.55. The van der Waals surface area contributed by atoms with Gasteiger partial charge in [-0.3, -0.25) is 24.0 Å². The highest BCUT2D eigenvalue weighted by molar-refractivity contribution is 6.36. The molecule has 8 rings (SSSR count). The van der Waals surface area contributed by atoms with Crippen molar-refractivity contribution in [1.82, 2.24) is 0 Å². The van der Waals surface area contributed by atoms with Crippen LogP contribution in [0, 0.1) is 0 Å². The topological polar surface area (TPSA) is 276 Å². The van der Waals surface area contributed by atoms with E-state index in [4.69, 9.17) is 11.5 Å². The highest BCUT2D eigenvalue weighted by atomic mass is 16.4. The summed E-state index contributed by atoms with van der Waals surface area (Å²) in [5.41, 5.74) is 9.86. The van der Waals surface area contributed by atoms with Gasteiger partial charge in [-0.15, -0.1) is 0 Å². The third-order valence-electron chi connectivity index (χ3n) is 10.4. The quantitative estimate of drug-likeness (QED) is 0.0666. The van der Waals surface area contributed by atoms with Gasteiger partial charge in [-0.2, -0.15) is 0 Å². The molecule has 0 unspecified atom stereocenters. The molecule has 0 atom stereocenters. The number of rotatable bonds is 10. The molecule has 2 aliphatic rings. The first-order chi connectivity index (χ1) is 29.0. The van der Waals surface area contributed by atoms with E-state index in [1.165, 1.54) is 24.3 Å². The smallest absolute Gasteiger partial charge is 0.337 e. The molecule has 0 aliphatic carbocycles. The number of carboxylic acids is 4. The third-order valence-corrected chi connectivity index (χ3v) is 10.4. The van der Waals surface area contributed by atoms with Crippen molar-refractivity contribution in [1.29, 1.82) is 0 Å². The lowest BCUT2D eigenvalue weighted by molar-refractivity contribution is -0.136. The van der Waals surface area contributed by atoms with Crippen molar-refractivity contribution < 1.29 is 58.8 Å². The molecule has 300 valence electrons. The molecule has 6 aromatic carbocycles. The monoisotopic (exact) mass is 816 g/mol. The summed E-state index contributed by atoms with van der Waals surface area (Å²) in [6.45, 7) is 0. The zero-order valence-corrected chi connectivity index (χ0v) is 31.2. The van der Waals surface area contributed by atoms with Crippen molar-refractivity contribution in [2.75, 3.05) is 21.3 Å². The molecule has 8 N–H and O–H groups in total. The van der Waals surface area contributed by atoms with Crippen LogP contribution in [0.3, 0.4) is 0 Å². The molecule has 0 radical (unpaired) electrons. The molecule has 61 heavy (non-hydrogen) atoms. The molecule has 0 saturated carbocycles. The highest BCUT2D eigenvalue weighted by Gasteiger charge is 2.41. The summed E-state index contributed by atoms with van der Waals surface area (Å²) in [5, 5.41) is 41.3. The van der Waals surface area contributed by atoms with Gasteiger partial charge in [0, 0.05) is 11.4 Å². The van der Waals surface area contributed by atoms with Crippen molar-refractivity contribution in [3.05, 3.63) is 154 Å². The Kier molecular flexibility index (Phi) is 9.24. The van der Waals surface area contributed by atoms with E-state index in [1.54, 1.807) is 60.7 Å². The second-order valence-electron chi connectivity index (χ2n) is 14.1. The molecule has 2 aliphatic heterocycles.